The summed E-state index contributed by atoms with van der Waals surface area (Å²) >= 11 is 12.1. The van der Waals surface area contributed by atoms with Crippen LogP contribution < -0.4 is 10.4 Å². The van der Waals surface area contributed by atoms with Gasteiger partial charge in [-0.25, -0.2) is 0 Å². The second kappa shape index (κ2) is 9.97. The normalized spacial score (nSPS) is 14.5. The summed E-state index contributed by atoms with van der Waals surface area (Å²) in [5, 5.41) is 13.5. The first-order valence-electron chi connectivity index (χ1n) is 11.7. The number of fused-ring (bicyclic) bond motifs is 1. The van der Waals surface area contributed by atoms with Gasteiger partial charge in [0.1, 0.15) is 17.8 Å². The molecular weight excluding hydrogens is 501 g/mol. The van der Waals surface area contributed by atoms with Crippen molar-refractivity contribution in [1.29, 1.82) is 0 Å². The number of halogens is 2. The highest BCUT2D eigenvalue weighted by atomic mass is 35.5. The van der Waals surface area contributed by atoms with Gasteiger partial charge in [0, 0.05) is 50.7 Å². The fraction of sp³-hybridized carbons (Fsp3) is 0.269. The van der Waals surface area contributed by atoms with Crippen LogP contribution in [0.3, 0.4) is 0 Å². The molecular formula is C26H25Cl2N5O3. The van der Waals surface area contributed by atoms with Crippen molar-refractivity contribution in [3.05, 3.63) is 97.7 Å². The van der Waals surface area contributed by atoms with Crippen molar-refractivity contribution >= 4 is 29.1 Å². The highest BCUT2D eigenvalue weighted by molar-refractivity contribution is 6.42. The molecule has 3 aliphatic rings. The maximum atomic E-state index is 13.2. The number of nitrogens with zero attached hydrogens (tertiary/aromatic N) is 5. The van der Waals surface area contributed by atoms with Gasteiger partial charge in [-0.15, -0.1) is 0 Å². The van der Waals surface area contributed by atoms with Crippen LogP contribution in [0.15, 0.2) is 65.6 Å². The molecule has 1 amide bonds. The largest absolute Gasteiger partial charge is 0.595 e. The van der Waals surface area contributed by atoms with E-state index in [9.17, 15) is 14.8 Å². The predicted octanol–water partition coefficient (Wildman–Crippen LogP) is 3.34. The van der Waals surface area contributed by atoms with Crippen LogP contribution in [-0.2, 0) is 17.9 Å². The first kappa shape index (κ1) is 24.4. The lowest BCUT2D eigenvalue weighted by Gasteiger charge is -2.35. The molecule has 0 radical (unpaired) electrons. The standard InChI is InChI=1S/C26H25Cl2N5O3/c1-18-25-23(33(36)32(26(25)35)20-7-8-21(27)22(28)15-20)9-10-31(18)17-24(34)30-13-11-29(12-14-30)16-19-5-3-2-4-6-19/h2-10,15H,11-14,16-17H2,1H3. The third kappa shape index (κ3) is 4.59. The molecule has 0 atom stereocenters. The lowest BCUT2D eigenvalue weighted by atomic mass is 10.1. The van der Waals surface area contributed by atoms with Crippen LogP contribution in [0.5, 0.6) is 0 Å². The molecule has 3 aliphatic heterocycles. The average Bonchev–Trinajstić information content (AvgIpc) is 3.13. The van der Waals surface area contributed by atoms with E-state index in [2.05, 4.69) is 17.0 Å². The first-order valence-corrected chi connectivity index (χ1v) is 12.4. The summed E-state index contributed by atoms with van der Waals surface area (Å²) in [4.78, 5) is 31.1. The van der Waals surface area contributed by atoms with Crippen LogP contribution in [0.4, 0.5) is 0 Å². The van der Waals surface area contributed by atoms with E-state index in [0.29, 0.717) is 34.3 Å². The topological polar surface area (TPSA) is 77.4 Å². The molecule has 3 heterocycles. The van der Waals surface area contributed by atoms with Gasteiger partial charge in [0.15, 0.2) is 0 Å². The van der Waals surface area contributed by atoms with Crippen molar-refractivity contribution in [3.8, 4) is 16.9 Å². The molecule has 1 fully saturated rings. The van der Waals surface area contributed by atoms with Crippen molar-refractivity contribution in [1.82, 2.24) is 19.0 Å². The van der Waals surface area contributed by atoms with E-state index in [0.717, 1.165) is 24.3 Å². The number of carbonyl (C=O) groups is 1. The van der Waals surface area contributed by atoms with Crippen LogP contribution in [0.2, 0.25) is 10.0 Å². The summed E-state index contributed by atoms with van der Waals surface area (Å²) in [6, 6.07) is 16.4. The Kier molecular flexibility index (Phi) is 6.75. The number of piperazine rings is 1. The van der Waals surface area contributed by atoms with E-state index < -0.39 is 5.56 Å². The van der Waals surface area contributed by atoms with Gasteiger partial charge in [0.25, 0.3) is 5.69 Å². The minimum atomic E-state index is -0.479. The van der Waals surface area contributed by atoms with Crippen molar-refractivity contribution in [2.45, 2.75) is 20.0 Å². The molecule has 0 aromatic heterocycles. The molecule has 2 aromatic rings. The van der Waals surface area contributed by atoms with Gasteiger partial charge in [-0.05, 0) is 30.7 Å². The monoisotopic (exact) mass is 525 g/mol. The molecule has 1 saturated heterocycles. The molecule has 0 bridgehead atoms. The fourth-order valence-electron chi connectivity index (χ4n) is 4.66. The number of carbonyl (C=O) groups excluding carboxylic acids is 1. The van der Waals surface area contributed by atoms with Gasteiger partial charge in [-0.3, -0.25) is 14.5 Å². The summed E-state index contributed by atoms with van der Waals surface area (Å²) in [7, 11) is 0. The van der Waals surface area contributed by atoms with Gasteiger partial charge in [0.05, 0.1) is 10.0 Å². The van der Waals surface area contributed by atoms with Crippen LogP contribution in [-0.4, -0.2) is 51.1 Å². The Morgan fingerprint density at radius 2 is 1.72 bits per heavy atom. The van der Waals surface area contributed by atoms with E-state index in [1.54, 1.807) is 29.8 Å². The number of hydrogen-bond acceptors (Lipinski definition) is 4. The van der Waals surface area contributed by atoms with E-state index in [1.165, 1.54) is 17.7 Å². The molecule has 8 nitrogen and oxygen atoms in total. The number of benzene rings is 2. The average molecular weight is 526 g/mol. The number of aromatic nitrogens is 3. The van der Waals surface area contributed by atoms with Crippen LogP contribution >= 0.6 is 23.2 Å². The maximum Gasteiger partial charge on any atom is 0.323 e. The molecule has 5 rings (SSSR count). The highest BCUT2D eigenvalue weighted by Gasteiger charge is 2.30. The Balaban J connectivity index is 1.33. The molecule has 0 spiro atoms. The van der Waals surface area contributed by atoms with E-state index in [-0.39, 0.29) is 28.7 Å². The zero-order chi connectivity index (χ0) is 25.4. The lowest BCUT2D eigenvalue weighted by molar-refractivity contribution is -0.673. The van der Waals surface area contributed by atoms with Gasteiger partial charge in [-0.2, -0.15) is 0 Å². The van der Waals surface area contributed by atoms with Crippen molar-refractivity contribution in [2.24, 2.45) is 0 Å². The smallest absolute Gasteiger partial charge is 0.323 e. The zero-order valence-electron chi connectivity index (χ0n) is 19.7. The fourth-order valence-corrected chi connectivity index (χ4v) is 4.95. The third-order valence-electron chi connectivity index (χ3n) is 6.68. The predicted molar refractivity (Wildman–Crippen MR) is 139 cm³/mol. The van der Waals surface area contributed by atoms with Crippen molar-refractivity contribution in [2.75, 3.05) is 26.2 Å². The van der Waals surface area contributed by atoms with Crippen LogP contribution in [0.1, 0.15) is 11.3 Å². The Labute approximate surface area is 218 Å². The SMILES string of the molecule is Cc1c2c(=O)n(-c3ccc(Cl)c(Cl)c3)[n+]([O-])c-2ccn1CC(=O)N1CCN(Cc2ccccc2)CC1. The molecule has 36 heavy (non-hydrogen) atoms. The summed E-state index contributed by atoms with van der Waals surface area (Å²) in [5.74, 6) is -0.0202. The van der Waals surface area contributed by atoms with Gasteiger partial charge >= 0.3 is 5.56 Å². The molecule has 0 unspecified atom stereocenters. The highest BCUT2D eigenvalue weighted by Crippen LogP contribution is 2.25. The Bertz CT molecular complexity index is 1440. The zero-order valence-corrected chi connectivity index (χ0v) is 21.2. The Hall–Kier alpha value is -3.33. The van der Waals surface area contributed by atoms with E-state index in [1.807, 2.05) is 23.1 Å². The first-order chi connectivity index (χ1) is 17.3. The molecule has 0 aliphatic carbocycles. The summed E-state index contributed by atoms with van der Waals surface area (Å²) < 4.78 is 2.74. The minimum absolute atomic E-state index is 0.0202. The number of rotatable bonds is 5. The summed E-state index contributed by atoms with van der Waals surface area (Å²) in [6.07, 6.45) is 1.67. The van der Waals surface area contributed by atoms with Gasteiger partial charge in [-0.1, -0.05) is 63.1 Å². The van der Waals surface area contributed by atoms with Gasteiger partial charge in [0.2, 0.25) is 5.91 Å². The molecule has 2 aromatic carbocycles. The summed E-state index contributed by atoms with van der Waals surface area (Å²) in [5.41, 5.74) is 2.13. The molecule has 10 heteroatoms. The number of amides is 1. The minimum Gasteiger partial charge on any atom is -0.595 e. The van der Waals surface area contributed by atoms with Crippen molar-refractivity contribution < 1.29 is 9.64 Å². The number of pyridine rings is 1. The Morgan fingerprint density at radius 1 is 1.00 bits per heavy atom. The van der Waals surface area contributed by atoms with E-state index >= 15 is 0 Å². The second-order valence-corrected chi connectivity index (χ2v) is 9.73. The quantitative estimate of drug-likeness (QED) is 0.295. The molecule has 186 valence electrons. The Morgan fingerprint density at radius 3 is 2.42 bits per heavy atom. The number of hydrogen-bond donors (Lipinski definition) is 0. The second-order valence-electron chi connectivity index (χ2n) is 8.92. The maximum absolute atomic E-state index is 13.2. The third-order valence-corrected chi connectivity index (χ3v) is 7.42. The van der Waals surface area contributed by atoms with Crippen LogP contribution in [0, 0.1) is 12.1 Å². The van der Waals surface area contributed by atoms with Crippen LogP contribution in [0.25, 0.3) is 16.9 Å². The van der Waals surface area contributed by atoms with E-state index in [4.69, 9.17) is 23.2 Å². The van der Waals surface area contributed by atoms with Crippen molar-refractivity contribution in [3.63, 3.8) is 0 Å². The lowest BCUT2D eigenvalue weighted by Crippen LogP contribution is -2.49. The molecule has 0 saturated carbocycles. The summed E-state index contributed by atoms with van der Waals surface area (Å²) in [6.45, 7) is 5.60. The van der Waals surface area contributed by atoms with Gasteiger partial charge < -0.3 is 14.7 Å². The molecule has 0 N–H and O–H groups in total.